The largest absolute Gasteiger partial charge is 0.261 e. The maximum atomic E-state index is 7.97. The number of nitrogens with zero attached hydrogens (tertiary/aromatic N) is 1. The van der Waals surface area contributed by atoms with E-state index in [2.05, 4.69) is 11.8 Å². The topological polar surface area (TPSA) is 31.5 Å². The Kier molecular flexibility index (Phi) is 4.04. The van der Waals surface area contributed by atoms with E-state index in [1.54, 1.807) is 0 Å². The van der Waals surface area contributed by atoms with Crippen molar-refractivity contribution in [3.8, 4) is 0 Å². The molecule has 0 N–H and O–H groups in total. The van der Waals surface area contributed by atoms with E-state index in [4.69, 9.17) is 5.90 Å². The van der Waals surface area contributed by atoms with Crippen LogP contribution in [0.1, 0.15) is 26.7 Å². The second-order valence-electron chi connectivity index (χ2n) is 1.70. The Labute approximate surface area is 44.6 Å². The van der Waals surface area contributed by atoms with E-state index in [1.165, 1.54) is 0 Å². The second-order valence-corrected chi connectivity index (χ2v) is 1.70. The molecule has 0 bridgehead atoms. The lowest BCUT2D eigenvalue weighted by Gasteiger charge is -2.00. The van der Waals surface area contributed by atoms with Gasteiger partial charge in [0.15, 0.2) is 0 Å². The lowest BCUT2D eigenvalue weighted by molar-refractivity contribution is 0.0439. The van der Waals surface area contributed by atoms with Crippen LogP contribution in [0.2, 0.25) is 0 Å². The average Bonchev–Trinajstić information content (AvgIpc) is 1.68. The molecule has 2 heteroatoms. The zero-order valence-electron chi connectivity index (χ0n) is 4.85. The molecule has 1 unspecified atom stereocenters. The summed E-state index contributed by atoms with van der Waals surface area (Å²) in [5.74, 6) is 7.97. The molecule has 0 amide bonds. The average molecular weight is 101 g/mol. The Hall–Kier alpha value is -0.0800. The van der Waals surface area contributed by atoms with Crippen LogP contribution in [0, 0.1) is 0 Å². The van der Waals surface area contributed by atoms with Gasteiger partial charge in [-0.05, 0) is 13.3 Å². The molecule has 0 aliphatic carbocycles. The van der Waals surface area contributed by atoms with Crippen LogP contribution in [0.25, 0.3) is 0 Å². The fourth-order valence-electron chi connectivity index (χ4n) is 0.459. The number of hydrogen-bond acceptors (Lipinski definition) is 1. The highest BCUT2D eigenvalue weighted by atomic mass is 16.6. The van der Waals surface area contributed by atoms with Gasteiger partial charge in [0.2, 0.25) is 0 Å². The van der Waals surface area contributed by atoms with Gasteiger partial charge in [0.1, 0.15) is 0 Å². The van der Waals surface area contributed by atoms with E-state index in [9.17, 15) is 0 Å². The molecule has 0 fully saturated rings. The number of hydrogen-bond donors (Lipinski definition) is 0. The Morgan fingerprint density at radius 2 is 2.29 bits per heavy atom. The first kappa shape index (κ1) is 6.92. The Morgan fingerprint density at radius 1 is 1.71 bits per heavy atom. The van der Waals surface area contributed by atoms with Crippen molar-refractivity contribution in [2.45, 2.75) is 32.8 Å². The Balaban J connectivity index is 2.83. The summed E-state index contributed by atoms with van der Waals surface area (Å²) in [5, 5.41) is 0. The molecule has 0 saturated carbocycles. The second kappa shape index (κ2) is 4.09. The highest BCUT2D eigenvalue weighted by molar-refractivity contribution is 4.43. The molecule has 0 heterocycles. The molecular weight excluding hydrogens is 90.1 g/mol. The molecule has 42 valence electrons. The summed E-state index contributed by atoms with van der Waals surface area (Å²) in [4.78, 5) is 3.99. The zero-order chi connectivity index (χ0) is 5.70. The minimum atomic E-state index is 0.00463. The molecule has 0 aromatic rings. The van der Waals surface area contributed by atoms with Crippen molar-refractivity contribution in [3.63, 3.8) is 0 Å². The SMILES string of the molecule is CCCC(C)O[N]. The van der Waals surface area contributed by atoms with E-state index >= 15 is 0 Å². The molecular formula is C5H11NO. The van der Waals surface area contributed by atoms with Crippen LogP contribution in [-0.2, 0) is 4.84 Å². The van der Waals surface area contributed by atoms with Crippen molar-refractivity contribution in [2.75, 3.05) is 0 Å². The standard InChI is InChI=1S/C5H11NO/c1-3-4-5(2)7-6/h5H,3-4H2,1-2H3. The van der Waals surface area contributed by atoms with Crippen LogP contribution in [0.15, 0.2) is 0 Å². The molecule has 0 aromatic carbocycles. The third kappa shape index (κ3) is 3.76. The third-order valence-corrected chi connectivity index (χ3v) is 0.875. The van der Waals surface area contributed by atoms with Gasteiger partial charge in [0.25, 0.3) is 0 Å². The van der Waals surface area contributed by atoms with Crippen LogP contribution in [0.3, 0.4) is 0 Å². The van der Waals surface area contributed by atoms with E-state index in [-0.39, 0.29) is 6.10 Å². The first-order chi connectivity index (χ1) is 3.31. The van der Waals surface area contributed by atoms with Gasteiger partial charge in [0, 0.05) is 5.90 Å². The first-order valence-corrected chi connectivity index (χ1v) is 2.61. The van der Waals surface area contributed by atoms with Gasteiger partial charge < -0.3 is 0 Å². The quantitative estimate of drug-likeness (QED) is 0.491. The zero-order valence-corrected chi connectivity index (χ0v) is 4.85. The van der Waals surface area contributed by atoms with Gasteiger partial charge in [-0.15, -0.1) is 0 Å². The minimum absolute atomic E-state index is 0.00463. The van der Waals surface area contributed by atoms with E-state index < -0.39 is 0 Å². The molecule has 0 aliphatic heterocycles. The molecule has 2 nitrogen and oxygen atoms in total. The van der Waals surface area contributed by atoms with Crippen LogP contribution < -0.4 is 5.90 Å². The van der Waals surface area contributed by atoms with E-state index in [0.29, 0.717) is 0 Å². The van der Waals surface area contributed by atoms with Gasteiger partial charge in [-0.25, -0.2) is 0 Å². The molecule has 0 spiro atoms. The van der Waals surface area contributed by atoms with Gasteiger partial charge in [-0.3, -0.25) is 4.84 Å². The molecule has 0 aromatic heterocycles. The maximum absolute atomic E-state index is 7.97. The fourth-order valence-corrected chi connectivity index (χ4v) is 0.459. The van der Waals surface area contributed by atoms with E-state index in [1.807, 2.05) is 6.92 Å². The fraction of sp³-hybridized carbons (Fsp3) is 1.00. The van der Waals surface area contributed by atoms with Gasteiger partial charge in [0.05, 0.1) is 6.10 Å². The van der Waals surface area contributed by atoms with Crippen LogP contribution in [0.5, 0.6) is 0 Å². The summed E-state index contributed by atoms with van der Waals surface area (Å²) in [6.07, 6.45) is 1.99. The summed E-state index contributed by atoms with van der Waals surface area (Å²) in [5.41, 5.74) is 0. The highest BCUT2D eigenvalue weighted by Crippen LogP contribution is 1.96. The van der Waals surface area contributed by atoms with Crippen molar-refractivity contribution < 1.29 is 4.84 Å². The van der Waals surface area contributed by atoms with Crippen LogP contribution in [0.4, 0.5) is 0 Å². The molecule has 1 atom stereocenters. The summed E-state index contributed by atoms with van der Waals surface area (Å²) >= 11 is 0. The first-order valence-electron chi connectivity index (χ1n) is 2.61. The smallest absolute Gasteiger partial charge is 0.0800 e. The van der Waals surface area contributed by atoms with Crippen molar-refractivity contribution in [1.82, 2.24) is 5.90 Å². The molecule has 7 heavy (non-hydrogen) atoms. The van der Waals surface area contributed by atoms with Gasteiger partial charge in [-0.2, -0.15) is 0 Å². The predicted octanol–water partition coefficient (Wildman–Crippen LogP) is 1.18. The van der Waals surface area contributed by atoms with Crippen molar-refractivity contribution >= 4 is 0 Å². The normalized spacial score (nSPS) is 14.1. The molecule has 0 saturated heterocycles. The lowest BCUT2D eigenvalue weighted by Crippen LogP contribution is -2.04. The van der Waals surface area contributed by atoms with Crippen molar-refractivity contribution in [2.24, 2.45) is 0 Å². The van der Waals surface area contributed by atoms with Crippen molar-refractivity contribution in [1.29, 1.82) is 0 Å². The van der Waals surface area contributed by atoms with Crippen LogP contribution >= 0.6 is 0 Å². The van der Waals surface area contributed by atoms with Crippen LogP contribution in [-0.4, -0.2) is 6.10 Å². The lowest BCUT2D eigenvalue weighted by atomic mass is 10.2. The van der Waals surface area contributed by atoms with Crippen molar-refractivity contribution in [3.05, 3.63) is 0 Å². The third-order valence-electron chi connectivity index (χ3n) is 0.875. The highest BCUT2D eigenvalue weighted by Gasteiger charge is 1.95. The van der Waals surface area contributed by atoms with Gasteiger partial charge in [-0.1, -0.05) is 13.3 Å². The number of rotatable bonds is 3. The van der Waals surface area contributed by atoms with E-state index in [0.717, 1.165) is 12.8 Å². The minimum Gasteiger partial charge on any atom is -0.261 e. The maximum Gasteiger partial charge on any atom is 0.0800 e. The van der Waals surface area contributed by atoms with Gasteiger partial charge >= 0.3 is 0 Å². The molecule has 0 aliphatic rings. The Bertz CT molecular complexity index is 39.1. The monoisotopic (exact) mass is 101 g/mol. The summed E-state index contributed by atoms with van der Waals surface area (Å²) in [6.45, 7) is 3.89. The summed E-state index contributed by atoms with van der Waals surface area (Å²) in [6, 6.07) is 0. The predicted molar refractivity (Wildman–Crippen MR) is 27.6 cm³/mol. The summed E-state index contributed by atoms with van der Waals surface area (Å²) < 4.78 is 0. The summed E-state index contributed by atoms with van der Waals surface area (Å²) in [7, 11) is 0. The molecule has 2 radical (unpaired) electrons. The molecule has 0 rings (SSSR count). The Morgan fingerprint density at radius 3 is 2.43 bits per heavy atom.